The molecule has 37 heavy (non-hydrogen) atoms. The van der Waals surface area contributed by atoms with Crippen LogP contribution in [0.2, 0.25) is 0 Å². The fraction of sp³-hybridized carbons (Fsp3) is 0.750. The Labute approximate surface area is 221 Å². The number of ketones is 1. The predicted molar refractivity (Wildman–Crippen MR) is 139 cm³/mol. The van der Waals surface area contributed by atoms with E-state index in [0.29, 0.717) is 0 Å². The molecule has 0 spiro atoms. The highest BCUT2D eigenvalue weighted by Crippen LogP contribution is 2.61. The normalized spacial score (nSPS) is 26.4. The number of carbonyl (C=O) groups excluding carboxylic acids is 4. The molecule has 0 aromatic carbocycles. The van der Waals surface area contributed by atoms with Gasteiger partial charge in [-0.25, -0.2) is 9.59 Å². The maximum atomic E-state index is 14.5. The van der Waals surface area contributed by atoms with Crippen LogP contribution in [0.5, 0.6) is 0 Å². The van der Waals surface area contributed by atoms with Gasteiger partial charge in [0, 0.05) is 28.3 Å². The standard InChI is InChI=1S/C28H44N2O7/c1-15(2)29-22-27(21(33)25(8,9)10,23(34)30(22)16(3)4)28(26(11,12)13)36-18(24(5,6)7)17(19(31)35-14)20(32)37-28/h15-16H,1-14H3/t27-,28-/m1/s1. The van der Waals surface area contributed by atoms with Crippen molar-refractivity contribution < 1.29 is 33.4 Å². The van der Waals surface area contributed by atoms with Crippen molar-refractivity contribution >= 4 is 29.5 Å². The monoisotopic (exact) mass is 520 g/mol. The molecule has 2 atom stereocenters. The molecule has 2 heterocycles. The number of likely N-dealkylation sites (tertiary alicyclic amines) is 1. The average molecular weight is 521 g/mol. The number of ether oxygens (including phenoxy) is 3. The summed E-state index contributed by atoms with van der Waals surface area (Å²) in [4.78, 5) is 61.5. The fourth-order valence-corrected chi connectivity index (χ4v) is 4.90. The molecule has 9 heteroatoms. The maximum Gasteiger partial charge on any atom is 0.352 e. The molecule has 0 unspecified atom stereocenters. The first-order valence-corrected chi connectivity index (χ1v) is 12.7. The summed E-state index contributed by atoms with van der Waals surface area (Å²) in [5, 5.41) is 0. The Kier molecular flexibility index (Phi) is 7.62. The van der Waals surface area contributed by atoms with Crippen molar-refractivity contribution in [3.63, 3.8) is 0 Å². The van der Waals surface area contributed by atoms with E-state index in [0.717, 1.165) is 7.11 Å². The Morgan fingerprint density at radius 1 is 0.919 bits per heavy atom. The van der Waals surface area contributed by atoms with E-state index in [9.17, 15) is 19.2 Å². The molecule has 9 nitrogen and oxygen atoms in total. The first kappa shape index (κ1) is 30.5. The molecule has 0 radical (unpaired) electrons. The van der Waals surface area contributed by atoms with Gasteiger partial charge in [0.1, 0.15) is 11.6 Å². The van der Waals surface area contributed by atoms with E-state index in [4.69, 9.17) is 19.2 Å². The Morgan fingerprint density at radius 2 is 1.43 bits per heavy atom. The van der Waals surface area contributed by atoms with Gasteiger partial charge < -0.3 is 14.2 Å². The topological polar surface area (TPSA) is 112 Å². The minimum atomic E-state index is -2.14. The minimum absolute atomic E-state index is 0.00805. The molecule has 0 saturated carbocycles. The van der Waals surface area contributed by atoms with E-state index in [1.165, 1.54) is 4.90 Å². The van der Waals surface area contributed by atoms with Gasteiger partial charge >= 0.3 is 11.9 Å². The number of hydrogen-bond acceptors (Lipinski definition) is 8. The largest absolute Gasteiger partial charge is 0.465 e. The Hall–Kier alpha value is -2.71. The van der Waals surface area contributed by atoms with E-state index in [2.05, 4.69) is 0 Å². The number of allylic oxidation sites excluding steroid dienone is 1. The number of hydrogen-bond donors (Lipinski definition) is 0. The number of amidine groups is 1. The highest BCUT2D eigenvalue weighted by atomic mass is 16.7. The fourth-order valence-electron chi connectivity index (χ4n) is 4.90. The number of Topliss-reactive ketones (excluding diaryl/α,β-unsaturated/α-hetero) is 1. The molecule has 208 valence electrons. The van der Waals surface area contributed by atoms with Crippen molar-refractivity contribution in [3.05, 3.63) is 11.3 Å². The van der Waals surface area contributed by atoms with Crippen LogP contribution in [0.4, 0.5) is 0 Å². The molecular formula is C28H44N2O7. The van der Waals surface area contributed by atoms with Gasteiger partial charge in [0.15, 0.2) is 11.4 Å². The number of nitrogens with zero attached hydrogens (tertiary/aromatic N) is 2. The number of rotatable bonds is 5. The van der Waals surface area contributed by atoms with E-state index in [1.54, 1.807) is 62.3 Å². The van der Waals surface area contributed by atoms with Gasteiger partial charge in [-0.2, -0.15) is 0 Å². The summed E-state index contributed by atoms with van der Waals surface area (Å²) in [5.74, 6) is -4.94. The van der Waals surface area contributed by atoms with Crippen LogP contribution in [-0.2, 0) is 33.4 Å². The summed E-state index contributed by atoms with van der Waals surface area (Å²) >= 11 is 0. The summed E-state index contributed by atoms with van der Waals surface area (Å²) in [6.45, 7) is 23.0. The molecule has 0 aromatic heterocycles. The summed E-state index contributed by atoms with van der Waals surface area (Å²) in [6, 6.07) is -0.596. The van der Waals surface area contributed by atoms with Gasteiger partial charge in [0.25, 0.3) is 11.7 Å². The molecule has 2 aliphatic rings. The van der Waals surface area contributed by atoms with E-state index >= 15 is 0 Å². The van der Waals surface area contributed by atoms with Gasteiger partial charge in [-0.3, -0.25) is 19.5 Å². The zero-order chi connectivity index (χ0) is 29.1. The summed E-state index contributed by atoms with van der Waals surface area (Å²) in [7, 11) is 1.16. The van der Waals surface area contributed by atoms with Crippen molar-refractivity contribution in [2.24, 2.45) is 26.7 Å². The van der Waals surface area contributed by atoms with Crippen LogP contribution in [0.1, 0.15) is 90.0 Å². The highest BCUT2D eigenvalue weighted by Gasteiger charge is 2.83. The van der Waals surface area contributed by atoms with Gasteiger partial charge in [-0.1, -0.05) is 62.3 Å². The third-order valence-corrected chi connectivity index (χ3v) is 6.49. The summed E-state index contributed by atoms with van der Waals surface area (Å²) in [5.41, 5.74) is -5.53. The number of esters is 2. The molecule has 0 aliphatic carbocycles. The van der Waals surface area contributed by atoms with Gasteiger partial charge in [-0.15, -0.1) is 0 Å². The summed E-state index contributed by atoms with van der Waals surface area (Å²) in [6.07, 6.45) is 0. The number of aliphatic imine (C=N–C) groups is 1. The van der Waals surface area contributed by atoms with Gasteiger partial charge in [-0.05, 0) is 27.7 Å². The average Bonchev–Trinajstić information content (AvgIpc) is 2.69. The van der Waals surface area contributed by atoms with Crippen LogP contribution in [0.3, 0.4) is 0 Å². The molecule has 0 aromatic rings. The molecule has 0 bridgehead atoms. The number of β-lactam (4-membered cyclic amide) rings is 1. The van der Waals surface area contributed by atoms with Crippen LogP contribution < -0.4 is 0 Å². The van der Waals surface area contributed by atoms with Crippen LogP contribution >= 0.6 is 0 Å². The first-order chi connectivity index (χ1) is 16.5. The Morgan fingerprint density at radius 3 is 1.78 bits per heavy atom. The second-order valence-electron chi connectivity index (χ2n) is 13.4. The molecular weight excluding hydrogens is 476 g/mol. The quantitative estimate of drug-likeness (QED) is 0.228. The number of carbonyl (C=O) groups is 4. The van der Waals surface area contributed by atoms with Crippen molar-refractivity contribution in [2.75, 3.05) is 7.11 Å². The Bertz CT molecular complexity index is 1060. The Balaban J connectivity index is 3.16. The molecule has 2 aliphatic heterocycles. The third kappa shape index (κ3) is 4.48. The van der Waals surface area contributed by atoms with Crippen molar-refractivity contribution in [1.82, 2.24) is 4.90 Å². The van der Waals surface area contributed by atoms with Crippen LogP contribution in [0.25, 0.3) is 0 Å². The van der Waals surface area contributed by atoms with Gasteiger partial charge in [0.05, 0.1) is 7.11 Å². The smallest absolute Gasteiger partial charge is 0.352 e. The van der Waals surface area contributed by atoms with E-state index in [-0.39, 0.29) is 23.7 Å². The molecule has 0 N–H and O–H groups in total. The minimum Gasteiger partial charge on any atom is -0.465 e. The number of cyclic esters (lactones) is 1. The zero-order valence-corrected chi connectivity index (χ0v) is 24.9. The van der Waals surface area contributed by atoms with Gasteiger partial charge in [0.2, 0.25) is 5.41 Å². The third-order valence-electron chi connectivity index (χ3n) is 6.49. The summed E-state index contributed by atoms with van der Waals surface area (Å²) < 4.78 is 17.6. The van der Waals surface area contributed by atoms with Crippen LogP contribution in [0, 0.1) is 21.7 Å². The first-order valence-electron chi connectivity index (χ1n) is 12.7. The zero-order valence-electron chi connectivity index (χ0n) is 24.9. The lowest BCUT2D eigenvalue weighted by Crippen LogP contribution is -2.84. The maximum absolute atomic E-state index is 14.5. The van der Waals surface area contributed by atoms with Crippen molar-refractivity contribution in [3.8, 4) is 0 Å². The van der Waals surface area contributed by atoms with E-state index < -0.39 is 56.6 Å². The second kappa shape index (κ2) is 9.24. The number of methoxy groups -OCH3 is 1. The predicted octanol–water partition coefficient (Wildman–Crippen LogP) is 4.43. The highest BCUT2D eigenvalue weighted by molar-refractivity contribution is 6.38. The molecule has 2 rings (SSSR count). The number of amides is 1. The molecule has 1 saturated heterocycles. The lowest BCUT2D eigenvalue weighted by atomic mass is 9.54. The molecule has 1 amide bonds. The second-order valence-corrected chi connectivity index (χ2v) is 13.4. The SMILES string of the molecule is COC(=O)C1=C(C(C)(C)C)O[C@@](C(C)(C)C)([C@@]2(C(=O)C(C)(C)C)C(=O)N(C(C)C)C2=NC(C)C)OC1=O. The van der Waals surface area contributed by atoms with Crippen molar-refractivity contribution in [2.45, 2.75) is 108 Å². The van der Waals surface area contributed by atoms with E-state index in [1.807, 2.05) is 27.7 Å². The molecule has 1 fully saturated rings. The lowest BCUT2D eigenvalue weighted by molar-refractivity contribution is -0.307. The van der Waals surface area contributed by atoms with Crippen molar-refractivity contribution in [1.29, 1.82) is 0 Å². The lowest BCUT2D eigenvalue weighted by Gasteiger charge is -2.62. The van der Waals surface area contributed by atoms with Crippen LogP contribution in [-0.4, -0.2) is 59.3 Å². The van der Waals surface area contributed by atoms with Crippen LogP contribution in [0.15, 0.2) is 16.3 Å².